The van der Waals surface area contributed by atoms with E-state index in [1.165, 1.54) is 6.07 Å². The van der Waals surface area contributed by atoms with Crippen molar-refractivity contribution in [3.8, 4) is 0 Å². The predicted octanol–water partition coefficient (Wildman–Crippen LogP) is 3.90. The SMILES string of the molecule is CC(C)(C)OC(=O)N1C[C@H](F)C[C@H]1C(=O)N(F)Cc1cccc(Cl)c1. The normalized spacial score (nSPS) is 20.5. The van der Waals surface area contributed by atoms with E-state index in [2.05, 4.69) is 0 Å². The first-order chi connectivity index (χ1) is 11.6. The molecule has 0 radical (unpaired) electrons. The molecule has 8 heteroatoms. The summed E-state index contributed by atoms with van der Waals surface area (Å²) in [5.41, 5.74) is -0.308. The van der Waals surface area contributed by atoms with Crippen molar-refractivity contribution < 1.29 is 23.2 Å². The average Bonchev–Trinajstić information content (AvgIpc) is 2.87. The number of likely N-dealkylation sites (tertiary alicyclic amines) is 1. The maximum atomic E-state index is 14.3. The quantitative estimate of drug-likeness (QED) is 0.754. The second-order valence-corrected chi connectivity index (χ2v) is 7.41. The van der Waals surface area contributed by atoms with Crippen LogP contribution in [-0.2, 0) is 16.1 Å². The van der Waals surface area contributed by atoms with Crippen LogP contribution in [0.2, 0.25) is 5.02 Å². The summed E-state index contributed by atoms with van der Waals surface area (Å²) >= 11 is 5.84. The molecule has 1 aliphatic rings. The van der Waals surface area contributed by atoms with Gasteiger partial charge in [0.2, 0.25) is 0 Å². The van der Waals surface area contributed by atoms with Gasteiger partial charge in [-0.05, 0) is 38.5 Å². The number of carbonyl (C=O) groups excluding carboxylic acids is 2. The Morgan fingerprint density at radius 1 is 1.40 bits per heavy atom. The molecule has 25 heavy (non-hydrogen) atoms. The zero-order valence-electron chi connectivity index (χ0n) is 14.3. The Hall–Kier alpha value is -1.89. The number of ether oxygens (including phenoxy) is 1. The molecule has 1 aromatic rings. The lowest BCUT2D eigenvalue weighted by molar-refractivity contribution is -0.152. The topological polar surface area (TPSA) is 49.9 Å². The van der Waals surface area contributed by atoms with E-state index in [0.29, 0.717) is 10.6 Å². The number of amides is 2. The van der Waals surface area contributed by atoms with Gasteiger partial charge in [0.05, 0.1) is 13.1 Å². The van der Waals surface area contributed by atoms with Crippen molar-refractivity contribution >= 4 is 23.6 Å². The van der Waals surface area contributed by atoms with E-state index in [0.717, 1.165) is 4.90 Å². The van der Waals surface area contributed by atoms with Crippen molar-refractivity contribution in [3.05, 3.63) is 34.9 Å². The molecule has 0 N–H and O–H groups in total. The number of nitrogens with zero attached hydrogens (tertiary/aromatic N) is 2. The van der Waals surface area contributed by atoms with E-state index >= 15 is 0 Å². The minimum Gasteiger partial charge on any atom is -0.444 e. The van der Waals surface area contributed by atoms with Gasteiger partial charge in [-0.15, -0.1) is 0 Å². The van der Waals surface area contributed by atoms with Crippen LogP contribution in [0.3, 0.4) is 0 Å². The molecule has 1 saturated heterocycles. The molecule has 0 spiro atoms. The maximum Gasteiger partial charge on any atom is 0.411 e. The third-order valence-corrected chi connectivity index (χ3v) is 3.85. The highest BCUT2D eigenvalue weighted by Gasteiger charge is 2.43. The monoisotopic (exact) mass is 374 g/mol. The van der Waals surface area contributed by atoms with Crippen molar-refractivity contribution in [2.24, 2.45) is 0 Å². The second-order valence-electron chi connectivity index (χ2n) is 6.97. The van der Waals surface area contributed by atoms with Crippen molar-refractivity contribution in [2.75, 3.05) is 6.54 Å². The summed E-state index contributed by atoms with van der Waals surface area (Å²) < 4.78 is 33.2. The molecule has 0 aliphatic carbocycles. The second kappa shape index (κ2) is 7.56. The first-order valence-electron chi connectivity index (χ1n) is 7.92. The Balaban J connectivity index is 2.08. The van der Waals surface area contributed by atoms with Crippen molar-refractivity contribution in [1.82, 2.24) is 10.0 Å². The van der Waals surface area contributed by atoms with Crippen LogP contribution in [0, 0.1) is 0 Å². The summed E-state index contributed by atoms with van der Waals surface area (Å²) in [6, 6.07) is 5.18. The van der Waals surface area contributed by atoms with Crippen LogP contribution in [-0.4, -0.2) is 46.4 Å². The fraction of sp³-hybridized carbons (Fsp3) is 0.529. The maximum absolute atomic E-state index is 14.3. The van der Waals surface area contributed by atoms with E-state index in [1.807, 2.05) is 0 Å². The number of rotatable bonds is 3. The molecule has 2 rings (SSSR count). The van der Waals surface area contributed by atoms with Gasteiger partial charge in [-0.2, -0.15) is 5.12 Å². The molecule has 5 nitrogen and oxygen atoms in total. The minimum atomic E-state index is -1.40. The van der Waals surface area contributed by atoms with E-state index in [-0.39, 0.29) is 24.6 Å². The molecule has 1 aromatic carbocycles. The van der Waals surface area contributed by atoms with Gasteiger partial charge in [0, 0.05) is 11.4 Å². The molecular formula is C17H21ClF2N2O3. The predicted molar refractivity (Wildman–Crippen MR) is 89.4 cm³/mol. The van der Waals surface area contributed by atoms with Crippen LogP contribution >= 0.6 is 11.6 Å². The van der Waals surface area contributed by atoms with E-state index in [1.54, 1.807) is 39.0 Å². The highest BCUT2D eigenvalue weighted by molar-refractivity contribution is 6.30. The zero-order chi connectivity index (χ0) is 18.8. The van der Waals surface area contributed by atoms with Crippen LogP contribution in [0.25, 0.3) is 0 Å². The zero-order valence-corrected chi connectivity index (χ0v) is 15.1. The number of hydrogen-bond acceptors (Lipinski definition) is 3. The van der Waals surface area contributed by atoms with Gasteiger partial charge >= 0.3 is 6.09 Å². The Kier molecular flexibility index (Phi) is 5.87. The van der Waals surface area contributed by atoms with E-state index < -0.39 is 29.8 Å². The molecule has 2 atom stereocenters. The molecule has 0 bridgehead atoms. The summed E-state index contributed by atoms with van der Waals surface area (Å²) in [5.74, 6) is -0.981. The highest BCUT2D eigenvalue weighted by Crippen LogP contribution is 2.25. The Bertz CT molecular complexity index is 651. The summed E-state index contributed by atoms with van der Waals surface area (Å²) in [6.07, 6.45) is -2.49. The third kappa shape index (κ3) is 5.29. The largest absolute Gasteiger partial charge is 0.444 e. The van der Waals surface area contributed by atoms with Crippen molar-refractivity contribution in [3.63, 3.8) is 0 Å². The van der Waals surface area contributed by atoms with E-state index in [4.69, 9.17) is 16.3 Å². The minimum absolute atomic E-state index is 0.0221. The van der Waals surface area contributed by atoms with Crippen LogP contribution < -0.4 is 0 Å². The smallest absolute Gasteiger partial charge is 0.411 e. The highest BCUT2D eigenvalue weighted by atomic mass is 35.5. The van der Waals surface area contributed by atoms with Gasteiger partial charge in [0.1, 0.15) is 17.8 Å². The van der Waals surface area contributed by atoms with Gasteiger partial charge in [0.25, 0.3) is 5.91 Å². The third-order valence-electron chi connectivity index (χ3n) is 3.61. The molecular weight excluding hydrogens is 354 g/mol. The fourth-order valence-corrected chi connectivity index (χ4v) is 2.79. The lowest BCUT2D eigenvalue weighted by Crippen LogP contribution is -2.47. The average molecular weight is 375 g/mol. The Labute approximate surface area is 150 Å². The molecule has 1 heterocycles. The summed E-state index contributed by atoms with van der Waals surface area (Å²) in [7, 11) is 0. The lowest BCUT2D eigenvalue weighted by atomic mass is 10.1. The van der Waals surface area contributed by atoms with Gasteiger partial charge in [-0.25, -0.2) is 9.18 Å². The first-order valence-corrected chi connectivity index (χ1v) is 8.30. The lowest BCUT2D eigenvalue weighted by Gasteiger charge is -2.28. The summed E-state index contributed by atoms with van der Waals surface area (Å²) in [5, 5.41) is 0.393. The number of hydrogen-bond donors (Lipinski definition) is 0. The first kappa shape index (κ1) is 19.4. The number of benzene rings is 1. The van der Waals surface area contributed by atoms with Gasteiger partial charge in [0.15, 0.2) is 0 Å². The molecule has 1 fully saturated rings. The van der Waals surface area contributed by atoms with Crippen LogP contribution in [0.1, 0.15) is 32.8 Å². The van der Waals surface area contributed by atoms with Gasteiger partial charge in [-0.3, -0.25) is 9.69 Å². The van der Waals surface area contributed by atoms with E-state index in [9.17, 15) is 18.5 Å². The fourth-order valence-electron chi connectivity index (χ4n) is 2.58. The number of alkyl halides is 1. The Morgan fingerprint density at radius 2 is 2.08 bits per heavy atom. The number of carbonyl (C=O) groups is 2. The molecule has 0 unspecified atom stereocenters. The summed E-state index contributed by atoms with van der Waals surface area (Å²) in [6.45, 7) is 4.34. The molecule has 0 aromatic heterocycles. The number of halogens is 3. The molecule has 138 valence electrons. The van der Waals surface area contributed by atoms with Gasteiger partial charge in [-0.1, -0.05) is 28.2 Å². The van der Waals surface area contributed by atoms with Crippen LogP contribution in [0.5, 0.6) is 0 Å². The van der Waals surface area contributed by atoms with Gasteiger partial charge < -0.3 is 4.74 Å². The Morgan fingerprint density at radius 3 is 2.68 bits per heavy atom. The standard InChI is InChI=1S/C17H21ClF2N2O3/c1-17(2,3)25-16(24)21-10-13(19)8-14(21)15(23)22(20)9-11-5-4-6-12(18)7-11/h4-7,13-14H,8-10H2,1-3H3/t13-,14+/m1/s1. The summed E-state index contributed by atoms with van der Waals surface area (Å²) in [4.78, 5) is 25.5. The molecule has 1 aliphatic heterocycles. The molecule has 2 amide bonds. The van der Waals surface area contributed by atoms with Crippen LogP contribution in [0.4, 0.5) is 13.7 Å². The van der Waals surface area contributed by atoms with Crippen molar-refractivity contribution in [2.45, 2.75) is 51.6 Å². The van der Waals surface area contributed by atoms with Crippen molar-refractivity contribution in [1.29, 1.82) is 0 Å². The van der Waals surface area contributed by atoms with Crippen LogP contribution in [0.15, 0.2) is 24.3 Å². The molecule has 0 saturated carbocycles.